The molecule has 1 aromatic carbocycles. The number of hydrogen-bond donors (Lipinski definition) is 2. The first-order valence-electron chi connectivity index (χ1n) is 4.78. The Morgan fingerprint density at radius 3 is 2.38 bits per heavy atom. The number of halogens is 3. The van der Waals surface area contributed by atoms with Crippen molar-refractivity contribution in [1.82, 2.24) is 5.32 Å². The molecule has 1 saturated carbocycles. The molecule has 0 aromatic heterocycles. The summed E-state index contributed by atoms with van der Waals surface area (Å²) < 4.78 is 0. The maximum absolute atomic E-state index is 11.5. The number of nitrogens with one attached hydrogen (secondary N) is 2. The van der Waals surface area contributed by atoms with Crippen molar-refractivity contribution in [2.75, 3.05) is 5.32 Å². The number of amides is 2. The Labute approximate surface area is 108 Å². The normalized spacial score (nSPS) is 14.7. The molecule has 86 valence electrons. The van der Waals surface area contributed by atoms with Crippen LogP contribution in [-0.2, 0) is 0 Å². The number of carbonyl (C=O) groups excluding carboxylic acids is 1. The maximum Gasteiger partial charge on any atom is 0.319 e. The topological polar surface area (TPSA) is 41.1 Å². The van der Waals surface area contributed by atoms with Crippen LogP contribution >= 0.6 is 34.8 Å². The molecule has 0 saturated heterocycles. The number of urea groups is 1. The molecule has 2 N–H and O–H groups in total. The fourth-order valence-corrected chi connectivity index (χ4v) is 1.78. The minimum absolute atomic E-state index is 0.275. The largest absolute Gasteiger partial charge is 0.335 e. The first-order chi connectivity index (χ1) is 7.56. The van der Waals surface area contributed by atoms with Crippen LogP contribution in [0.25, 0.3) is 0 Å². The van der Waals surface area contributed by atoms with Crippen molar-refractivity contribution in [3.8, 4) is 0 Å². The van der Waals surface area contributed by atoms with Crippen LogP contribution in [0.3, 0.4) is 0 Å². The Bertz CT molecular complexity index is 432. The molecule has 1 aromatic rings. The number of anilines is 1. The van der Waals surface area contributed by atoms with Crippen LogP contribution in [-0.4, -0.2) is 12.1 Å². The van der Waals surface area contributed by atoms with Crippen LogP contribution in [0.1, 0.15) is 12.8 Å². The molecule has 1 aliphatic carbocycles. The van der Waals surface area contributed by atoms with E-state index in [1.807, 2.05) is 0 Å². The van der Waals surface area contributed by atoms with Crippen molar-refractivity contribution >= 4 is 46.5 Å². The maximum atomic E-state index is 11.5. The van der Waals surface area contributed by atoms with Gasteiger partial charge in [0, 0.05) is 6.04 Å². The Balaban J connectivity index is 2.07. The Hall–Kier alpha value is -0.640. The Morgan fingerprint density at radius 2 is 1.75 bits per heavy atom. The zero-order valence-corrected chi connectivity index (χ0v) is 10.5. The van der Waals surface area contributed by atoms with Gasteiger partial charge in [-0.05, 0) is 25.0 Å². The highest BCUT2D eigenvalue weighted by atomic mass is 35.5. The van der Waals surface area contributed by atoms with E-state index in [0.29, 0.717) is 26.8 Å². The highest BCUT2D eigenvalue weighted by Crippen LogP contribution is 2.32. The summed E-state index contributed by atoms with van der Waals surface area (Å²) in [6.45, 7) is 0. The van der Waals surface area contributed by atoms with E-state index >= 15 is 0 Å². The van der Waals surface area contributed by atoms with Crippen LogP contribution in [0, 0.1) is 0 Å². The monoisotopic (exact) mass is 278 g/mol. The van der Waals surface area contributed by atoms with Gasteiger partial charge in [0.1, 0.15) is 0 Å². The molecule has 0 unspecified atom stereocenters. The molecule has 16 heavy (non-hydrogen) atoms. The Morgan fingerprint density at radius 1 is 1.12 bits per heavy atom. The first kappa shape index (κ1) is 11.8. The summed E-state index contributed by atoms with van der Waals surface area (Å²) in [5.41, 5.74) is 0.453. The molecule has 0 radical (unpaired) electrons. The summed E-state index contributed by atoms with van der Waals surface area (Å²) in [6.07, 6.45) is 2.06. The lowest BCUT2D eigenvalue weighted by Crippen LogP contribution is -2.30. The molecule has 0 heterocycles. The third-order valence-corrected chi connectivity index (χ3v) is 3.21. The van der Waals surface area contributed by atoms with Gasteiger partial charge in [-0.1, -0.05) is 34.8 Å². The van der Waals surface area contributed by atoms with Gasteiger partial charge in [0.25, 0.3) is 0 Å². The van der Waals surface area contributed by atoms with Crippen LogP contribution in [0.2, 0.25) is 15.1 Å². The fourth-order valence-electron chi connectivity index (χ4n) is 1.19. The van der Waals surface area contributed by atoms with Gasteiger partial charge in [-0.3, -0.25) is 0 Å². The lowest BCUT2D eigenvalue weighted by Gasteiger charge is -2.09. The van der Waals surface area contributed by atoms with Crippen LogP contribution in [0.5, 0.6) is 0 Å². The molecule has 2 amide bonds. The fraction of sp³-hybridized carbons (Fsp3) is 0.300. The lowest BCUT2D eigenvalue weighted by molar-refractivity contribution is 0.251. The quantitative estimate of drug-likeness (QED) is 0.791. The standard InChI is InChI=1S/C10H9Cl3N2O/c11-6-3-8(13)9(4-7(6)12)15-10(16)14-5-1-2-5/h3-5H,1-2H2,(H2,14,15,16). The number of hydrogen-bond acceptors (Lipinski definition) is 1. The van der Waals surface area contributed by atoms with Crippen LogP contribution < -0.4 is 10.6 Å². The predicted octanol–water partition coefficient (Wildman–Crippen LogP) is 3.93. The Kier molecular flexibility index (Phi) is 3.47. The highest BCUT2D eigenvalue weighted by Gasteiger charge is 2.23. The predicted molar refractivity (Wildman–Crippen MR) is 66.6 cm³/mol. The molecule has 0 bridgehead atoms. The van der Waals surface area contributed by atoms with Gasteiger partial charge in [0.2, 0.25) is 0 Å². The molecular weight excluding hydrogens is 270 g/mol. The summed E-state index contributed by atoms with van der Waals surface area (Å²) in [4.78, 5) is 11.5. The van der Waals surface area contributed by atoms with Crippen molar-refractivity contribution in [3.05, 3.63) is 27.2 Å². The molecule has 2 rings (SSSR count). The van der Waals surface area contributed by atoms with Gasteiger partial charge >= 0.3 is 6.03 Å². The molecule has 0 aliphatic heterocycles. The molecule has 1 aliphatic rings. The van der Waals surface area contributed by atoms with Gasteiger partial charge < -0.3 is 10.6 Å². The number of carbonyl (C=O) groups is 1. The van der Waals surface area contributed by atoms with Crippen LogP contribution in [0.15, 0.2) is 12.1 Å². The van der Waals surface area contributed by atoms with E-state index in [0.717, 1.165) is 12.8 Å². The molecule has 1 fully saturated rings. The third kappa shape index (κ3) is 2.94. The van der Waals surface area contributed by atoms with Crippen molar-refractivity contribution in [1.29, 1.82) is 0 Å². The molecular formula is C10H9Cl3N2O. The molecule has 6 heteroatoms. The van der Waals surface area contributed by atoms with Crippen molar-refractivity contribution < 1.29 is 4.79 Å². The summed E-state index contributed by atoms with van der Waals surface area (Å²) >= 11 is 17.5. The molecule has 3 nitrogen and oxygen atoms in total. The minimum atomic E-state index is -0.275. The first-order valence-corrected chi connectivity index (χ1v) is 5.91. The highest BCUT2D eigenvalue weighted by molar-refractivity contribution is 6.44. The zero-order chi connectivity index (χ0) is 11.7. The summed E-state index contributed by atoms with van der Waals surface area (Å²) in [6, 6.07) is 3.04. The van der Waals surface area contributed by atoms with Gasteiger partial charge in [0.05, 0.1) is 20.8 Å². The number of rotatable bonds is 2. The second-order valence-electron chi connectivity index (χ2n) is 3.62. The summed E-state index contributed by atoms with van der Waals surface area (Å²) in [5, 5.41) is 6.48. The van der Waals surface area contributed by atoms with E-state index in [1.165, 1.54) is 12.1 Å². The van der Waals surface area contributed by atoms with Crippen molar-refractivity contribution in [2.24, 2.45) is 0 Å². The van der Waals surface area contributed by atoms with E-state index in [9.17, 15) is 4.79 Å². The van der Waals surface area contributed by atoms with E-state index < -0.39 is 0 Å². The average Bonchev–Trinajstić information content (AvgIpc) is 2.98. The second kappa shape index (κ2) is 4.70. The molecule has 0 spiro atoms. The van der Waals surface area contributed by atoms with E-state index in [1.54, 1.807) is 0 Å². The average molecular weight is 280 g/mol. The van der Waals surface area contributed by atoms with Crippen molar-refractivity contribution in [3.63, 3.8) is 0 Å². The summed E-state index contributed by atoms with van der Waals surface area (Å²) in [7, 11) is 0. The van der Waals surface area contributed by atoms with Crippen LogP contribution in [0.4, 0.5) is 10.5 Å². The zero-order valence-electron chi connectivity index (χ0n) is 8.19. The van der Waals surface area contributed by atoms with Crippen molar-refractivity contribution in [2.45, 2.75) is 18.9 Å². The van der Waals surface area contributed by atoms with E-state index in [4.69, 9.17) is 34.8 Å². The summed E-state index contributed by atoms with van der Waals surface area (Å²) in [5.74, 6) is 0. The molecule has 0 atom stereocenters. The minimum Gasteiger partial charge on any atom is -0.335 e. The smallest absolute Gasteiger partial charge is 0.319 e. The van der Waals surface area contributed by atoms with Gasteiger partial charge in [-0.25, -0.2) is 4.79 Å². The van der Waals surface area contributed by atoms with Gasteiger partial charge in [0.15, 0.2) is 0 Å². The third-order valence-electron chi connectivity index (χ3n) is 2.17. The van der Waals surface area contributed by atoms with Gasteiger partial charge in [-0.2, -0.15) is 0 Å². The second-order valence-corrected chi connectivity index (χ2v) is 4.84. The van der Waals surface area contributed by atoms with E-state index in [-0.39, 0.29) is 6.03 Å². The van der Waals surface area contributed by atoms with Gasteiger partial charge in [-0.15, -0.1) is 0 Å². The van der Waals surface area contributed by atoms with E-state index in [2.05, 4.69) is 10.6 Å². The lowest BCUT2D eigenvalue weighted by atomic mass is 10.3. The number of benzene rings is 1. The SMILES string of the molecule is O=C(Nc1cc(Cl)c(Cl)cc1Cl)NC1CC1.